The van der Waals surface area contributed by atoms with E-state index in [0.717, 1.165) is 11.5 Å². The van der Waals surface area contributed by atoms with Crippen LogP contribution in [0.4, 0.5) is 0 Å². The zero-order valence-electron chi connectivity index (χ0n) is 10.1. The summed E-state index contributed by atoms with van der Waals surface area (Å²) >= 11 is 0. The molecule has 1 aromatic rings. The van der Waals surface area contributed by atoms with Gasteiger partial charge in [0.25, 0.3) is 0 Å². The van der Waals surface area contributed by atoms with Crippen LogP contribution in [0, 0.1) is 6.92 Å². The van der Waals surface area contributed by atoms with E-state index in [-0.39, 0.29) is 18.9 Å². The van der Waals surface area contributed by atoms with Crippen molar-refractivity contribution in [3.05, 3.63) is 23.7 Å². The van der Waals surface area contributed by atoms with Gasteiger partial charge in [0.05, 0.1) is 6.61 Å². The van der Waals surface area contributed by atoms with E-state index in [1.807, 2.05) is 19.1 Å². The second-order valence-electron chi connectivity index (χ2n) is 3.59. The number of aryl methyl sites for hydroxylation is 1. The second kappa shape index (κ2) is 6.73. The smallest absolute Gasteiger partial charge is 0.315 e. The summed E-state index contributed by atoms with van der Waals surface area (Å²) in [7, 11) is 0. The molecule has 0 aliphatic heterocycles. The van der Waals surface area contributed by atoms with Crippen molar-refractivity contribution in [1.29, 1.82) is 0 Å². The molecule has 1 N–H and O–H groups in total. The van der Waals surface area contributed by atoms with Gasteiger partial charge in [-0.1, -0.05) is 0 Å². The first-order chi connectivity index (χ1) is 8.11. The normalized spacial score (nSPS) is 10.0. The van der Waals surface area contributed by atoms with Gasteiger partial charge in [-0.25, -0.2) is 0 Å². The second-order valence-corrected chi connectivity index (χ2v) is 3.59. The molecule has 1 rings (SSSR count). The van der Waals surface area contributed by atoms with Crippen LogP contribution in [0.15, 0.2) is 16.5 Å². The van der Waals surface area contributed by atoms with Crippen molar-refractivity contribution in [3.8, 4) is 0 Å². The number of amides is 1. The largest absolute Gasteiger partial charge is 0.466 e. The van der Waals surface area contributed by atoms with Gasteiger partial charge >= 0.3 is 5.97 Å². The van der Waals surface area contributed by atoms with E-state index in [1.165, 1.54) is 0 Å². The Morgan fingerprint density at radius 2 is 2.18 bits per heavy atom. The first-order valence-electron chi connectivity index (χ1n) is 5.59. The maximum atomic E-state index is 11.3. The molecular weight excluding hydrogens is 222 g/mol. The minimum absolute atomic E-state index is 0.231. The van der Waals surface area contributed by atoms with Crippen LogP contribution in [-0.2, 0) is 20.7 Å². The molecule has 94 valence electrons. The quantitative estimate of drug-likeness (QED) is 0.598. The molecule has 0 spiro atoms. The first-order valence-corrected chi connectivity index (χ1v) is 5.59. The highest BCUT2D eigenvalue weighted by atomic mass is 16.5. The monoisotopic (exact) mass is 239 g/mol. The zero-order chi connectivity index (χ0) is 12.7. The van der Waals surface area contributed by atoms with E-state index in [9.17, 15) is 9.59 Å². The molecule has 0 aliphatic carbocycles. The van der Waals surface area contributed by atoms with E-state index < -0.39 is 5.97 Å². The Hall–Kier alpha value is -1.78. The Morgan fingerprint density at radius 1 is 1.41 bits per heavy atom. The highest BCUT2D eigenvalue weighted by molar-refractivity contribution is 5.94. The lowest BCUT2D eigenvalue weighted by atomic mass is 10.3. The van der Waals surface area contributed by atoms with Crippen molar-refractivity contribution in [1.82, 2.24) is 5.32 Å². The molecule has 0 aromatic carbocycles. The highest BCUT2D eigenvalue weighted by Gasteiger charge is 2.09. The standard InChI is InChI=1S/C12H17NO4/c1-3-16-12(15)8-11(14)13-7-6-10-5-4-9(2)17-10/h4-5H,3,6-8H2,1-2H3,(H,13,14). The molecule has 0 bridgehead atoms. The zero-order valence-corrected chi connectivity index (χ0v) is 10.1. The summed E-state index contributed by atoms with van der Waals surface area (Å²) in [5.74, 6) is 0.836. The maximum Gasteiger partial charge on any atom is 0.315 e. The van der Waals surface area contributed by atoms with Gasteiger partial charge in [-0.15, -0.1) is 0 Å². The van der Waals surface area contributed by atoms with E-state index in [0.29, 0.717) is 13.0 Å². The molecule has 0 saturated carbocycles. The summed E-state index contributed by atoms with van der Waals surface area (Å²) in [5, 5.41) is 2.63. The fraction of sp³-hybridized carbons (Fsp3) is 0.500. The van der Waals surface area contributed by atoms with Gasteiger partial charge in [-0.2, -0.15) is 0 Å². The molecule has 0 aliphatic rings. The van der Waals surface area contributed by atoms with E-state index >= 15 is 0 Å². The summed E-state index contributed by atoms with van der Waals surface area (Å²) in [4.78, 5) is 22.3. The molecule has 1 aromatic heterocycles. The lowest BCUT2D eigenvalue weighted by Gasteiger charge is -2.03. The number of hydrogen-bond donors (Lipinski definition) is 1. The maximum absolute atomic E-state index is 11.3. The number of carbonyl (C=O) groups excluding carboxylic acids is 2. The number of nitrogens with one attached hydrogen (secondary N) is 1. The molecule has 17 heavy (non-hydrogen) atoms. The molecule has 1 amide bonds. The van der Waals surface area contributed by atoms with E-state index in [2.05, 4.69) is 10.1 Å². The third-order valence-corrected chi connectivity index (χ3v) is 2.10. The van der Waals surface area contributed by atoms with Crippen molar-refractivity contribution in [3.63, 3.8) is 0 Å². The van der Waals surface area contributed by atoms with Crippen LogP contribution in [0.1, 0.15) is 24.9 Å². The van der Waals surface area contributed by atoms with Crippen LogP contribution in [0.3, 0.4) is 0 Å². The van der Waals surface area contributed by atoms with Gasteiger partial charge in [-0.05, 0) is 26.0 Å². The Morgan fingerprint density at radius 3 is 2.76 bits per heavy atom. The highest BCUT2D eigenvalue weighted by Crippen LogP contribution is 2.05. The minimum atomic E-state index is -0.501. The van der Waals surface area contributed by atoms with Crippen LogP contribution in [0.2, 0.25) is 0 Å². The van der Waals surface area contributed by atoms with Crippen molar-refractivity contribution in [2.24, 2.45) is 0 Å². The minimum Gasteiger partial charge on any atom is -0.466 e. The molecule has 0 unspecified atom stereocenters. The third-order valence-electron chi connectivity index (χ3n) is 2.10. The van der Waals surface area contributed by atoms with E-state index in [1.54, 1.807) is 6.92 Å². The molecule has 0 fully saturated rings. The third kappa shape index (κ3) is 5.19. The Labute approximate surface area is 100 Å². The fourth-order valence-corrected chi connectivity index (χ4v) is 1.35. The number of ether oxygens (including phenoxy) is 1. The van der Waals surface area contributed by atoms with Crippen LogP contribution in [-0.4, -0.2) is 25.0 Å². The average Bonchev–Trinajstić information content (AvgIpc) is 2.64. The number of esters is 1. The number of furan rings is 1. The summed E-state index contributed by atoms with van der Waals surface area (Å²) in [6, 6.07) is 3.74. The lowest BCUT2D eigenvalue weighted by Crippen LogP contribution is -2.28. The molecule has 0 atom stereocenters. The predicted octanol–water partition coefficient (Wildman–Crippen LogP) is 1.20. The Kier molecular flexibility index (Phi) is 5.26. The summed E-state index contributed by atoms with van der Waals surface area (Å²) in [5.41, 5.74) is 0. The molecule has 1 heterocycles. The van der Waals surface area contributed by atoms with Gasteiger partial charge in [0.2, 0.25) is 5.91 Å². The van der Waals surface area contributed by atoms with Crippen molar-refractivity contribution in [2.45, 2.75) is 26.7 Å². The van der Waals surface area contributed by atoms with Crippen molar-refractivity contribution in [2.75, 3.05) is 13.2 Å². The van der Waals surface area contributed by atoms with Crippen LogP contribution in [0.5, 0.6) is 0 Å². The summed E-state index contributed by atoms with van der Waals surface area (Å²) in [6.07, 6.45) is 0.382. The van der Waals surface area contributed by atoms with Crippen molar-refractivity contribution < 1.29 is 18.7 Å². The molecule has 0 saturated heterocycles. The van der Waals surface area contributed by atoms with Gasteiger partial charge in [0.1, 0.15) is 17.9 Å². The summed E-state index contributed by atoms with van der Waals surface area (Å²) < 4.78 is 10.0. The fourth-order valence-electron chi connectivity index (χ4n) is 1.35. The number of hydrogen-bond acceptors (Lipinski definition) is 4. The Bertz CT molecular complexity index is 384. The SMILES string of the molecule is CCOC(=O)CC(=O)NCCc1ccc(C)o1. The van der Waals surface area contributed by atoms with Crippen molar-refractivity contribution >= 4 is 11.9 Å². The van der Waals surface area contributed by atoms with Crippen LogP contribution >= 0.6 is 0 Å². The van der Waals surface area contributed by atoms with Gasteiger partial charge < -0.3 is 14.5 Å². The van der Waals surface area contributed by atoms with Gasteiger partial charge in [-0.3, -0.25) is 9.59 Å². The Balaban J connectivity index is 2.18. The summed E-state index contributed by atoms with van der Waals surface area (Å²) in [6.45, 7) is 4.31. The number of carbonyl (C=O) groups is 2. The van der Waals surface area contributed by atoms with Gasteiger partial charge in [0, 0.05) is 13.0 Å². The molecular formula is C12H17NO4. The average molecular weight is 239 g/mol. The van der Waals surface area contributed by atoms with E-state index in [4.69, 9.17) is 4.42 Å². The first kappa shape index (κ1) is 13.3. The van der Waals surface area contributed by atoms with Crippen LogP contribution in [0.25, 0.3) is 0 Å². The lowest BCUT2D eigenvalue weighted by molar-refractivity contribution is -0.145. The topological polar surface area (TPSA) is 68.5 Å². The molecule has 5 nitrogen and oxygen atoms in total. The van der Waals surface area contributed by atoms with Crippen LogP contribution < -0.4 is 5.32 Å². The van der Waals surface area contributed by atoms with Gasteiger partial charge in [0.15, 0.2) is 0 Å². The molecule has 5 heteroatoms. The predicted molar refractivity (Wildman–Crippen MR) is 61.4 cm³/mol. The molecule has 0 radical (unpaired) electrons. The number of rotatable bonds is 6.